The Labute approximate surface area is 183 Å². The van der Waals surface area contributed by atoms with E-state index < -0.39 is 11.1 Å². The second-order valence-electron chi connectivity index (χ2n) is 9.46. The van der Waals surface area contributed by atoms with Crippen molar-refractivity contribution in [2.75, 3.05) is 5.32 Å². The van der Waals surface area contributed by atoms with Crippen LogP contribution in [0, 0.1) is 5.92 Å². The molecule has 0 radical (unpaired) electrons. The van der Waals surface area contributed by atoms with Gasteiger partial charge in [-0.1, -0.05) is 37.8 Å². The van der Waals surface area contributed by atoms with E-state index >= 15 is 0 Å². The monoisotopic (exact) mass is 434 g/mol. The standard InChI is InChI=1S/C23H31ClN2O4/c1-4-22(2,3)30-20(27)14-12-15(13-14)29-17-9-8-16(24)19-18(17)23(26-21(28)25-19)10-6-5-7-11-23/h8-9,14-15H,4-7,10-13H2,1-3H3,(H2,25,26,28)/t14-,15-. The minimum atomic E-state index is -0.441. The molecular formula is C23H31ClN2O4. The van der Waals surface area contributed by atoms with E-state index in [-0.39, 0.29) is 24.0 Å². The Bertz CT molecular complexity index is 842. The third-order valence-corrected chi connectivity index (χ3v) is 7.16. The van der Waals surface area contributed by atoms with Gasteiger partial charge in [0.1, 0.15) is 17.5 Å². The lowest BCUT2D eigenvalue weighted by molar-refractivity contribution is -0.168. The SMILES string of the molecule is CCC(C)(C)OC(=O)[C@H]1C[C@H](Oc2ccc(Cl)c3c2C2(CCCCC2)NC(=O)N3)C1. The van der Waals surface area contributed by atoms with Crippen LogP contribution in [0.4, 0.5) is 10.5 Å². The van der Waals surface area contributed by atoms with Crippen LogP contribution in [0.3, 0.4) is 0 Å². The first-order valence-corrected chi connectivity index (χ1v) is 11.4. The highest BCUT2D eigenvalue weighted by molar-refractivity contribution is 6.34. The first kappa shape index (κ1) is 21.3. The Hall–Kier alpha value is -1.95. The average Bonchev–Trinajstić information content (AvgIpc) is 2.66. The number of benzene rings is 1. The number of fused-ring (bicyclic) bond motifs is 2. The zero-order valence-electron chi connectivity index (χ0n) is 18.0. The highest BCUT2D eigenvalue weighted by atomic mass is 35.5. The van der Waals surface area contributed by atoms with Crippen molar-refractivity contribution in [1.29, 1.82) is 0 Å². The number of esters is 1. The maximum Gasteiger partial charge on any atom is 0.319 e. The van der Waals surface area contributed by atoms with Crippen LogP contribution >= 0.6 is 11.6 Å². The van der Waals surface area contributed by atoms with Gasteiger partial charge in [0.05, 0.1) is 22.2 Å². The zero-order chi connectivity index (χ0) is 21.5. The second-order valence-corrected chi connectivity index (χ2v) is 9.87. The van der Waals surface area contributed by atoms with Crippen molar-refractivity contribution in [1.82, 2.24) is 5.32 Å². The molecule has 30 heavy (non-hydrogen) atoms. The van der Waals surface area contributed by atoms with E-state index in [9.17, 15) is 9.59 Å². The van der Waals surface area contributed by atoms with Gasteiger partial charge in [-0.15, -0.1) is 0 Å². The Morgan fingerprint density at radius 2 is 1.93 bits per heavy atom. The lowest BCUT2D eigenvalue weighted by Crippen LogP contribution is -2.53. The molecule has 1 spiro atoms. The second kappa shape index (κ2) is 7.95. The molecule has 2 aliphatic carbocycles. The minimum absolute atomic E-state index is 0.0455. The molecule has 1 aromatic carbocycles. The lowest BCUT2D eigenvalue weighted by atomic mass is 9.74. The van der Waals surface area contributed by atoms with Crippen molar-refractivity contribution < 1.29 is 19.1 Å². The van der Waals surface area contributed by atoms with E-state index in [0.717, 1.165) is 49.8 Å². The molecule has 1 aliphatic heterocycles. The third-order valence-electron chi connectivity index (χ3n) is 6.84. The molecule has 2 N–H and O–H groups in total. The summed E-state index contributed by atoms with van der Waals surface area (Å²) in [6.07, 6.45) is 7.03. The van der Waals surface area contributed by atoms with Crippen molar-refractivity contribution >= 4 is 29.3 Å². The summed E-state index contributed by atoms with van der Waals surface area (Å²) in [6, 6.07) is 3.45. The highest BCUT2D eigenvalue weighted by Crippen LogP contribution is 2.50. The van der Waals surface area contributed by atoms with Gasteiger partial charge in [0, 0.05) is 5.56 Å². The van der Waals surface area contributed by atoms with E-state index in [1.54, 1.807) is 6.07 Å². The van der Waals surface area contributed by atoms with E-state index in [0.29, 0.717) is 23.6 Å². The Morgan fingerprint density at radius 1 is 1.23 bits per heavy atom. The number of carbonyl (C=O) groups excluding carboxylic acids is 2. The van der Waals surface area contributed by atoms with Crippen LogP contribution in [0.5, 0.6) is 5.75 Å². The van der Waals surface area contributed by atoms with E-state index in [1.165, 1.54) is 0 Å². The Morgan fingerprint density at radius 3 is 2.60 bits per heavy atom. The van der Waals surface area contributed by atoms with Gasteiger partial charge in [-0.05, 0) is 58.1 Å². The molecule has 1 heterocycles. The molecule has 0 atom stereocenters. The van der Waals surface area contributed by atoms with Crippen LogP contribution in [0.15, 0.2) is 12.1 Å². The van der Waals surface area contributed by atoms with Crippen molar-refractivity contribution in [2.24, 2.45) is 5.92 Å². The fraction of sp³-hybridized carbons (Fsp3) is 0.652. The quantitative estimate of drug-likeness (QED) is 0.598. The van der Waals surface area contributed by atoms with Crippen molar-refractivity contribution in [2.45, 2.75) is 89.4 Å². The van der Waals surface area contributed by atoms with Gasteiger partial charge in [0.2, 0.25) is 0 Å². The van der Waals surface area contributed by atoms with Gasteiger partial charge in [0.15, 0.2) is 0 Å². The summed E-state index contributed by atoms with van der Waals surface area (Å²) in [5.74, 6) is 0.484. The number of carbonyl (C=O) groups is 2. The van der Waals surface area contributed by atoms with Crippen LogP contribution in [0.1, 0.15) is 77.7 Å². The smallest absolute Gasteiger partial charge is 0.319 e. The Kier molecular flexibility index (Phi) is 5.64. The predicted molar refractivity (Wildman–Crippen MR) is 116 cm³/mol. The average molecular weight is 435 g/mol. The van der Waals surface area contributed by atoms with E-state index in [4.69, 9.17) is 21.1 Å². The van der Waals surface area contributed by atoms with Crippen LogP contribution in [-0.4, -0.2) is 23.7 Å². The fourth-order valence-electron chi connectivity index (χ4n) is 4.67. The molecule has 0 aromatic heterocycles. The summed E-state index contributed by atoms with van der Waals surface area (Å²) in [7, 11) is 0. The number of hydrogen-bond acceptors (Lipinski definition) is 4. The van der Waals surface area contributed by atoms with Gasteiger partial charge in [-0.3, -0.25) is 4.79 Å². The highest BCUT2D eigenvalue weighted by Gasteiger charge is 2.45. The molecule has 2 saturated carbocycles. The normalized spacial score (nSPS) is 24.9. The maximum absolute atomic E-state index is 12.4. The summed E-state index contributed by atoms with van der Waals surface area (Å²) >= 11 is 6.45. The first-order chi connectivity index (χ1) is 14.2. The van der Waals surface area contributed by atoms with Gasteiger partial charge < -0.3 is 20.1 Å². The maximum atomic E-state index is 12.4. The van der Waals surface area contributed by atoms with Crippen LogP contribution in [0.2, 0.25) is 5.02 Å². The third kappa shape index (κ3) is 3.98. The molecule has 1 aromatic rings. The molecule has 164 valence electrons. The van der Waals surface area contributed by atoms with Crippen molar-refractivity contribution in [3.8, 4) is 5.75 Å². The molecule has 0 saturated heterocycles. The molecule has 3 aliphatic rings. The molecule has 4 rings (SSSR count). The van der Waals surface area contributed by atoms with E-state index in [1.807, 2.05) is 26.8 Å². The summed E-state index contributed by atoms with van der Waals surface area (Å²) in [5.41, 5.74) is 0.728. The van der Waals surface area contributed by atoms with Crippen LogP contribution in [-0.2, 0) is 15.1 Å². The minimum Gasteiger partial charge on any atom is -0.490 e. The number of ether oxygens (including phenoxy) is 2. The van der Waals surface area contributed by atoms with Gasteiger partial charge in [-0.2, -0.15) is 0 Å². The van der Waals surface area contributed by atoms with Crippen LogP contribution < -0.4 is 15.4 Å². The van der Waals surface area contributed by atoms with Gasteiger partial charge in [-0.25, -0.2) is 4.79 Å². The van der Waals surface area contributed by atoms with E-state index in [2.05, 4.69) is 10.6 Å². The largest absolute Gasteiger partial charge is 0.490 e. The summed E-state index contributed by atoms with van der Waals surface area (Å²) in [4.78, 5) is 24.7. The molecule has 0 unspecified atom stereocenters. The molecule has 2 fully saturated rings. The number of amides is 2. The lowest BCUT2D eigenvalue weighted by Gasteiger charge is -2.44. The summed E-state index contributed by atoms with van der Waals surface area (Å²) in [5, 5.41) is 6.56. The number of urea groups is 1. The van der Waals surface area contributed by atoms with Crippen molar-refractivity contribution in [3.05, 3.63) is 22.7 Å². The molecule has 2 amide bonds. The fourth-order valence-corrected chi connectivity index (χ4v) is 4.88. The first-order valence-electron chi connectivity index (χ1n) is 11.0. The van der Waals surface area contributed by atoms with Crippen LogP contribution in [0.25, 0.3) is 0 Å². The molecule has 0 bridgehead atoms. The van der Waals surface area contributed by atoms with Gasteiger partial charge >= 0.3 is 12.0 Å². The number of hydrogen-bond donors (Lipinski definition) is 2. The number of anilines is 1. The number of halogens is 1. The van der Waals surface area contributed by atoms with Gasteiger partial charge in [0.25, 0.3) is 0 Å². The van der Waals surface area contributed by atoms with Crippen molar-refractivity contribution in [3.63, 3.8) is 0 Å². The zero-order valence-corrected chi connectivity index (χ0v) is 18.7. The predicted octanol–water partition coefficient (Wildman–Crippen LogP) is 5.52. The molecule has 6 nitrogen and oxygen atoms in total. The number of nitrogens with one attached hydrogen (secondary N) is 2. The Balaban J connectivity index is 1.51. The molecular weight excluding hydrogens is 404 g/mol. The topological polar surface area (TPSA) is 76.7 Å². The molecule has 7 heteroatoms. The summed E-state index contributed by atoms with van der Waals surface area (Å²) in [6.45, 7) is 5.88. The number of rotatable bonds is 5. The summed E-state index contributed by atoms with van der Waals surface area (Å²) < 4.78 is 12.0.